The molecule has 1 atom stereocenters. The molecule has 1 aliphatic rings. The SMILES string of the molecule is CC(OC(=O)c1cc(Cl)c2c(c1)OCCO2)C(=O)Nc1cccc(Cl)c1. The molecule has 0 fully saturated rings. The molecule has 2 aromatic carbocycles. The van der Waals surface area contributed by atoms with E-state index in [0.29, 0.717) is 35.4 Å². The van der Waals surface area contributed by atoms with Gasteiger partial charge in [0.05, 0.1) is 10.6 Å². The molecule has 0 saturated carbocycles. The smallest absolute Gasteiger partial charge is 0.339 e. The van der Waals surface area contributed by atoms with Gasteiger partial charge in [-0.2, -0.15) is 0 Å². The number of anilines is 1. The van der Waals surface area contributed by atoms with Crippen molar-refractivity contribution in [3.63, 3.8) is 0 Å². The van der Waals surface area contributed by atoms with Crippen molar-refractivity contribution < 1.29 is 23.8 Å². The molecule has 0 spiro atoms. The Hall–Kier alpha value is -2.44. The summed E-state index contributed by atoms with van der Waals surface area (Å²) in [7, 11) is 0. The van der Waals surface area contributed by atoms with E-state index in [0.717, 1.165) is 0 Å². The van der Waals surface area contributed by atoms with Crippen molar-refractivity contribution in [1.82, 2.24) is 0 Å². The second-order valence-corrected chi connectivity index (χ2v) is 6.37. The molecule has 1 N–H and O–H groups in total. The molecule has 1 unspecified atom stereocenters. The van der Waals surface area contributed by atoms with Gasteiger partial charge in [0.1, 0.15) is 13.2 Å². The first-order valence-corrected chi connectivity index (χ1v) is 8.56. The third-order valence-electron chi connectivity index (χ3n) is 3.58. The van der Waals surface area contributed by atoms with Crippen molar-refractivity contribution in [2.75, 3.05) is 18.5 Å². The van der Waals surface area contributed by atoms with E-state index in [-0.39, 0.29) is 10.6 Å². The quantitative estimate of drug-likeness (QED) is 0.793. The Labute approximate surface area is 159 Å². The largest absolute Gasteiger partial charge is 0.486 e. The van der Waals surface area contributed by atoms with Crippen molar-refractivity contribution in [3.8, 4) is 11.5 Å². The van der Waals surface area contributed by atoms with Crippen LogP contribution in [0.5, 0.6) is 11.5 Å². The van der Waals surface area contributed by atoms with Crippen molar-refractivity contribution in [3.05, 3.63) is 52.0 Å². The maximum Gasteiger partial charge on any atom is 0.339 e. The van der Waals surface area contributed by atoms with Crippen LogP contribution in [0.3, 0.4) is 0 Å². The number of carbonyl (C=O) groups is 2. The fraction of sp³-hybridized carbons (Fsp3) is 0.222. The van der Waals surface area contributed by atoms with E-state index in [1.807, 2.05) is 0 Å². The fourth-order valence-corrected chi connectivity index (χ4v) is 2.78. The molecule has 26 heavy (non-hydrogen) atoms. The molecule has 0 aliphatic carbocycles. The number of halogens is 2. The summed E-state index contributed by atoms with van der Waals surface area (Å²) in [5, 5.41) is 3.35. The van der Waals surface area contributed by atoms with Crippen molar-refractivity contribution in [2.45, 2.75) is 13.0 Å². The van der Waals surface area contributed by atoms with Crippen LogP contribution in [0.25, 0.3) is 0 Å². The second kappa shape index (κ2) is 7.85. The molecule has 0 bridgehead atoms. The predicted molar refractivity (Wildman–Crippen MR) is 97.4 cm³/mol. The lowest BCUT2D eigenvalue weighted by Crippen LogP contribution is -2.30. The number of benzene rings is 2. The van der Waals surface area contributed by atoms with Gasteiger partial charge in [0.2, 0.25) is 0 Å². The third kappa shape index (κ3) is 4.20. The summed E-state index contributed by atoms with van der Waals surface area (Å²) in [5.74, 6) is -0.421. The number of rotatable bonds is 4. The van der Waals surface area contributed by atoms with Crippen LogP contribution in [0.4, 0.5) is 5.69 Å². The highest BCUT2D eigenvalue weighted by atomic mass is 35.5. The van der Waals surface area contributed by atoms with Gasteiger partial charge in [0, 0.05) is 10.7 Å². The maximum atomic E-state index is 12.3. The molecule has 1 aliphatic heterocycles. The van der Waals surface area contributed by atoms with E-state index in [9.17, 15) is 9.59 Å². The molecule has 0 aromatic heterocycles. The van der Waals surface area contributed by atoms with Crippen molar-refractivity contribution in [2.24, 2.45) is 0 Å². The van der Waals surface area contributed by atoms with E-state index in [1.165, 1.54) is 19.1 Å². The lowest BCUT2D eigenvalue weighted by atomic mass is 10.2. The molecular weight excluding hydrogens is 381 g/mol. The first kappa shape index (κ1) is 18.4. The van der Waals surface area contributed by atoms with Gasteiger partial charge in [0.15, 0.2) is 17.6 Å². The minimum atomic E-state index is -1.02. The predicted octanol–water partition coefficient (Wildman–Crippen LogP) is 3.95. The molecule has 6 nitrogen and oxygen atoms in total. The molecule has 1 heterocycles. The third-order valence-corrected chi connectivity index (χ3v) is 4.09. The molecule has 8 heteroatoms. The minimum absolute atomic E-state index is 0.168. The standard InChI is InChI=1S/C18H15Cl2NO5/c1-10(17(22)21-13-4-2-3-12(19)9-13)26-18(23)11-7-14(20)16-15(8-11)24-5-6-25-16/h2-4,7-10H,5-6H2,1H3,(H,21,22). The number of carbonyl (C=O) groups excluding carboxylic acids is 2. The molecular formula is C18H15Cl2NO5. The van der Waals surface area contributed by atoms with E-state index in [4.69, 9.17) is 37.4 Å². The lowest BCUT2D eigenvalue weighted by Gasteiger charge is -2.20. The van der Waals surface area contributed by atoms with E-state index in [1.54, 1.807) is 24.3 Å². The van der Waals surface area contributed by atoms with Gasteiger partial charge in [-0.15, -0.1) is 0 Å². The van der Waals surface area contributed by atoms with Crippen molar-refractivity contribution in [1.29, 1.82) is 0 Å². The number of hydrogen-bond acceptors (Lipinski definition) is 5. The monoisotopic (exact) mass is 395 g/mol. The highest BCUT2D eigenvalue weighted by Crippen LogP contribution is 2.38. The van der Waals surface area contributed by atoms with Gasteiger partial charge in [-0.25, -0.2) is 4.79 Å². The van der Waals surface area contributed by atoms with Crippen LogP contribution < -0.4 is 14.8 Å². The average Bonchev–Trinajstić information content (AvgIpc) is 2.61. The first-order chi connectivity index (χ1) is 12.4. The van der Waals surface area contributed by atoms with Gasteiger partial charge >= 0.3 is 5.97 Å². The van der Waals surface area contributed by atoms with Gasteiger partial charge in [-0.05, 0) is 37.3 Å². The number of amides is 1. The van der Waals surface area contributed by atoms with Crippen molar-refractivity contribution >= 4 is 40.8 Å². The summed E-state index contributed by atoms with van der Waals surface area (Å²) in [6, 6.07) is 9.55. The van der Waals surface area contributed by atoms with Crippen LogP contribution in [0.15, 0.2) is 36.4 Å². The molecule has 1 amide bonds. The van der Waals surface area contributed by atoms with Crippen LogP contribution in [0.2, 0.25) is 10.0 Å². The summed E-state index contributed by atoms with van der Waals surface area (Å²) in [6.07, 6.45) is -1.02. The van der Waals surface area contributed by atoms with Crippen LogP contribution in [0, 0.1) is 0 Å². The zero-order valence-corrected chi connectivity index (χ0v) is 15.3. The molecule has 2 aromatic rings. The summed E-state index contributed by atoms with van der Waals surface area (Å²) in [6.45, 7) is 2.22. The summed E-state index contributed by atoms with van der Waals surface area (Å²) >= 11 is 12.0. The Bertz CT molecular complexity index is 855. The van der Waals surface area contributed by atoms with Crippen LogP contribution in [-0.4, -0.2) is 31.2 Å². The van der Waals surface area contributed by atoms with Gasteiger partial charge < -0.3 is 19.5 Å². The van der Waals surface area contributed by atoms with Gasteiger partial charge in [-0.1, -0.05) is 29.3 Å². The number of esters is 1. The number of nitrogens with one attached hydrogen (secondary N) is 1. The topological polar surface area (TPSA) is 73.9 Å². The highest BCUT2D eigenvalue weighted by molar-refractivity contribution is 6.32. The summed E-state index contributed by atoms with van der Waals surface area (Å²) < 4.78 is 16.0. The lowest BCUT2D eigenvalue weighted by molar-refractivity contribution is -0.123. The Morgan fingerprint density at radius 3 is 2.69 bits per heavy atom. The van der Waals surface area contributed by atoms with Crippen LogP contribution in [0.1, 0.15) is 17.3 Å². The normalized spacial score (nSPS) is 13.7. The number of hydrogen-bond donors (Lipinski definition) is 1. The molecule has 3 rings (SSSR count). The van der Waals surface area contributed by atoms with Gasteiger partial charge in [0.25, 0.3) is 5.91 Å². The Morgan fingerprint density at radius 2 is 1.92 bits per heavy atom. The van der Waals surface area contributed by atoms with E-state index in [2.05, 4.69) is 5.32 Å². The van der Waals surface area contributed by atoms with Crippen LogP contribution in [-0.2, 0) is 9.53 Å². The zero-order valence-electron chi connectivity index (χ0n) is 13.8. The average molecular weight is 396 g/mol. The summed E-state index contributed by atoms with van der Waals surface area (Å²) in [5.41, 5.74) is 0.675. The molecule has 136 valence electrons. The second-order valence-electron chi connectivity index (χ2n) is 5.53. The Morgan fingerprint density at radius 1 is 1.15 bits per heavy atom. The Balaban J connectivity index is 1.67. The first-order valence-electron chi connectivity index (χ1n) is 7.80. The maximum absolute atomic E-state index is 12.3. The molecule has 0 saturated heterocycles. The molecule has 0 radical (unpaired) electrons. The Kier molecular flexibility index (Phi) is 5.54. The number of ether oxygens (including phenoxy) is 3. The van der Waals surface area contributed by atoms with E-state index < -0.39 is 18.0 Å². The van der Waals surface area contributed by atoms with Gasteiger partial charge in [-0.3, -0.25) is 4.79 Å². The minimum Gasteiger partial charge on any atom is -0.486 e. The highest BCUT2D eigenvalue weighted by Gasteiger charge is 2.23. The van der Waals surface area contributed by atoms with E-state index >= 15 is 0 Å². The zero-order chi connectivity index (χ0) is 18.7. The summed E-state index contributed by atoms with van der Waals surface area (Å²) in [4.78, 5) is 24.5. The van der Waals surface area contributed by atoms with Crippen LogP contribution >= 0.6 is 23.2 Å². The number of fused-ring (bicyclic) bond motifs is 1. The fourth-order valence-electron chi connectivity index (χ4n) is 2.32.